The van der Waals surface area contributed by atoms with Crippen LogP contribution < -0.4 is 5.32 Å². The van der Waals surface area contributed by atoms with E-state index in [1.807, 2.05) is 0 Å². The molecule has 0 aromatic rings. The van der Waals surface area contributed by atoms with Gasteiger partial charge in [-0.3, -0.25) is 9.69 Å². The molecule has 2 heterocycles. The molecule has 7 heteroatoms. The predicted molar refractivity (Wildman–Crippen MR) is 91.6 cm³/mol. The molecule has 7 nitrogen and oxygen atoms in total. The van der Waals surface area contributed by atoms with E-state index in [2.05, 4.69) is 32.3 Å². The third-order valence-corrected chi connectivity index (χ3v) is 4.28. The summed E-state index contributed by atoms with van der Waals surface area (Å²) in [6.07, 6.45) is 5.59. The Labute approximate surface area is 139 Å². The monoisotopic (exact) mass is 323 g/mol. The first-order valence-corrected chi connectivity index (χ1v) is 8.23. The molecule has 1 fully saturated rings. The van der Waals surface area contributed by atoms with Gasteiger partial charge in [0.15, 0.2) is 5.96 Å². The summed E-state index contributed by atoms with van der Waals surface area (Å²) in [5.41, 5.74) is 0. The number of methoxy groups -OCH3 is 1. The molecular formula is C16H29N5O2. The number of ether oxygens (including phenoxy) is 1. The van der Waals surface area contributed by atoms with Gasteiger partial charge in [0.05, 0.1) is 6.61 Å². The molecule has 0 saturated carbocycles. The molecule has 2 aliphatic heterocycles. The topological polar surface area (TPSA) is 60.4 Å². The third kappa shape index (κ3) is 5.21. The number of amides is 1. The second-order valence-electron chi connectivity index (χ2n) is 6.16. The number of carbonyl (C=O) groups excluding carboxylic acids is 1. The molecule has 0 bridgehead atoms. The van der Waals surface area contributed by atoms with Crippen molar-refractivity contribution in [2.75, 3.05) is 67.1 Å². The van der Waals surface area contributed by atoms with Crippen LogP contribution in [0, 0.1) is 0 Å². The second kappa shape index (κ2) is 8.88. The SMILES string of the molecule is COCCNC(=NCC(=O)N(C)C)N1CCC(N2CC=CC2)C1. The number of nitrogens with zero attached hydrogens (tertiary/aromatic N) is 4. The van der Waals surface area contributed by atoms with Gasteiger partial charge >= 0.3 is 0 Å². The zero-order chi connectivity index (χ0) is 16.7. The second-order valence-corrected chi connectivity index (χ2v) is 6.16. The van der Waals surface area contributed by atoms with Crippen molar-refractivity contribution in [2.45, 2.75) is 12.5 Å². The van der Waals surface area contributed by atoms with Gasteiger partial charge in [0.2, 0.25) is 5.91 Å². The van der Waals surface area contributed by atoms with Crippen molar-refractivity contribution in [1.29, 1.82) is 0 Å². The fourth-order valence-corrected chi connectivity index (χ4v) is 2.84. The Morgan fingerprint density at radius 3 is 2.78 bits per heavy atom. The lowest BCUT2D eigenvalue weighted by molar-refractivity contribution is -0.127. The maximum absolute atomic E-state index is 11.8. The summed E-state index contributed by atoms with van der Waals surface area (Å²) in [4.78, 5) is 22.6. The molecule has 1 saturated heterocycles. The molecule has 23 heavy (non-hydrogen) atoms. The molecule has 1 amide bonds. The maximum Gasteiger partial charge on any atom is 0.243 e. The molecule has 2 aliphatic rings. The van der Waals surface area contributed by atoms with Gasteiger partial charge in [0.25, 0.3) is 0 Å². The van der Waals surface area contributed by atoms with Crippen LogP contribution in [0.15, 0.2) is 17.1 Å². The summed E-state index contributed by atoms with van der Waals surface area (Å²) in [7, 11) is 5.19. The van der Waals surface area contributed by atoms with Crippen LogP contribution in [0.2, 0.25) is 0 Å². The molecule has 130 valence electrons. The van der Waals surface area contributed by atoms with Gasteiger partial charge in [-0.1, -0.05) is 12.2 Å². The van der Waals surface area contributed by atoms with Gasteiger partial charge in [-0.2, -0.15) is 0 Å². The highest BCUT2D eigenvalue weighted by Crippen LogP contribution is 2.17. The summed E-state index contributed by atoms with van der Waals surface area (Å²) in [5, 5.41) is 3.31. The van der Waals surface area contributed by atoms with E-state index in [0.717, 1.165) is 38.6 Å². The van der Waals surface area contributed by atoms with E-state index in [-0.39, 0.29) is 12.5 Å². The molecule has 0 aromatic heterocycles. The van der Waals surface area contributed by atoms with Gasteiger partial charge in [0, 0.05) is 60.0 Å². The molecule has 0 radical (unpaired) electrons. The molecule has 2 rings (SSSR count). The number of nitrogens with one attached hydrogen (secondary N) is 1. The largest absolute Gasteiger partial charge is 0.383 e. The Morgan fingerprint density at radius 1 is 1.39 bits per heavy atom. The van der Waals surface area contributed by atoms with Crippen molar-refractivity contribution in [1.82, 2.24) is 20.0 Å². The first-order chi connectivity index (χ1) is 11.1. The highest BCUT2D eigenvalue weighted by Gasteiger charge is 2.29. The number of likely N-dealkylation sites (N-methyl/N-ethyl adjacent to an activating group) is 1. The summed E-state index contributed by atoms with van der Waals surface area (Å²) in [5.74, 6) is 0.822. The summed E-state index contributed by atoms with van der Waals surface area (Å²) in [6, 6.07) is 0.559. The number of hydrogen-bond acceptors (Lipinski definition) is 4. The fraction of sp³-hybridized carbons (Fsp3) is 0.750. The molecule has 1 N–H and O–H groups in total. The van der Waals surface area contributed by atoms with Crippen LogP contribution in [-0.4, -0.2) is 99.7 Å². The Balaban J connectivity index is 1.93. The van der Waals surface area contributed by atoms with E-state index in [4.69, 9.17) is 4.74 Å². The minimum Gasteiger partial charge on any atom is -0.383 e. The van der Waals surface area contributed by atoms with E-state index >= 15 is 0 Å². The van der Waals surface area contributed by atoms with Crippen LogP contribution in [-0.2, 0) is 9.53 Å². The lowest BCUT2D eigenvalue weighted by atomic mass is 10.2. The average molecular weight is 323 g/mol. The van der Waals surface area contributed by atoms with Crippen molar-refractivity contribution in [3.8, 4) is 0 Å². The quantitative estimate of drug-likeness (QED) is 0.312. The Morgan fingerprint density at radius 2 is 2.13 bits per heavy atom. The average Bonchev–Trinajstić information content (AvgIpc) is 3.20. The minimum atomic E-state index is 0.00975. The van der Waals surface area contributed by atoms with Crippen molar-refractivity contribution < 1.29 is 9.53 Å². The minimum absolute atomic E-state index is 0.00975. The van der Waals surface area contributed by atoms with Crippen molar-refractivity contribution in [2.24, 2.45) is 4.99 Å². The van der Waals surface area contributed by atoms with Crippen molar-refractivity contribution in [3.63, 3.8) is 0 Å². The standard InChI is InChI=1S/C16H29N5O2/c1-19(2)15(22)12-18-16(17-7-11-23-3)21-10-6-14(13-21)20-8-4-5-9-20/h4-5,14H,6-13H2,1-3H3,(H,17,18). The summed E-state index contributed by atoms with van der Waals surface area (Å²) >= 11 is 0. The van der Waals surface area contributed by atoms with Crippen molar-refractivity contribution >= 4 is 11.9 Å². The van der Waals surface area contributed by atoms with E-state index in [9.17, 15) is 4.79 Å². The fourth-order valence-electron chi connectivity index (χ4n) is 2.84. The third-order valence-electron chi connectivity index (χ3n) is 4.28. The van der Waals surface area contributed by atoms with Gasteiger partial charge < -0.3 is 19.9 Å². The Bertz CT molecular complexity index is 442. The number of carbonyl (C=O) groups is 1. The zero-order valence-corrected chi connectivity index (χ0v) is 14.5. The summed E-state index contributed by atoms with van der Waals surface area (Å²) < 4.78 is 5.09. The molecule has 1 unspecified atom stereocenters. The molecule has 0 aliphatic carbocycles. The summed E-state index contributed by atoms with van der Waals surface area (Å²) in [6.45, 7) is 5.50. The Hall–Kier alpha value is -1.60. The molecular weight excluding hydrogens is 294 g/mol. The number of rotatable bonds is 6. The number of aliphatic imine (C=N–C) groups is 1. The van der Waals surface area contributed by atoms with Crippen LogP contribution in [0.5, 0.6) is 0 Å². The highest BCUT2D eigenvalue weighted by molar-refractivity contribution is 5.85. The molecule has 0 aromatic carbocycles. The van der Waals surface area contributed by atoms with Gasteiger partial charge in [0.1, 0.15) is 6.54 Å². The van der Waals surface area contributed by atoms with Crippen LogP contribution in [0.3, 0.4) is 0 Å². The molecule has 1 atom stereocenters. The van der Waals surface area contributed by atoms with Crippen LogP contribution in [0.1, 0.15) is 6.42 Å². The number of guanidine groups is 1. The van der Waals surface area contributed by atoms with E-state index in [0.29, 0.717) is 19.2 Å². The maximum atomic E-state index is 11.8. The number of likely N-dealkylation sites (tertiary alicyclic amines) is 1. The molecule has 0 spiro atoms. The zero-order valence-electron chi connectivity index (χ0n) is 14.5. The first kappa shape index (κ1) is 17.7. The van der Waals surface area contributed by atoms with E-state index < -0.39 is 0 Å². The normalized spacial score (nSPS) is 22.0. The smallest absolute Gasteiger partial charge is 0.243 e. The van der Waals surface area contributed by atoms with Crippen LogP contribution >= 0.6 is 0 Å². The van der Waals surface area contributed by atoms with Crippen LogP contribution in [0.4, 0.5) is 0 Å². The van der Waals surface area contributed by atoms with Crippen LogP contribution in [0.25, 0.3) is 0 Å². The first-order valence-electron chi connectivity index (χ1n) is 8.23. The highest BCUT2D eigenvalue weighted by atomic mass is 16.5. The lowest BCUT2D eigenvalue weighted by Gasteiger charge is -2.25. The van der Waals surface area contributed by atoms with Gasteiger partial charge in [-0.15, -0.1) is 0 Å². The predicted octanol–water partition coefficient (Wildman–Crippen LogP) is -0.387. The van der Waals surface area contributed by atoms with E-state index in [1.54, 1.807) is 26.1 Å². The van der Waals surface area contributed by atoms with Gasteiger partial charge in [-0.25, -0.2) is 4.99 Å². The van der Waals surface area contributed by atoms with Crippen molar-refractivity contribution in [3.05, 3.63) is 12.2 Å². The number of hydrogen-bond donors (Lipinski definition) is 1. The Kier molecular flexibility index (Phi) is 6.85. The lowest BCUT2D eigenvalue weighted by Crippen LogP contribution is -2.44. The van der Waals surface area contributed by atoms with Gasteiger partial charge in [-0.05, 0) is 6.42 Å². The van der Waals surface area contributed by atoms with E-state index in [1.165, 1.54) is 0 Å².